The standard InChI is InChI=1S/C17H19FN2O3/c18-13-4-1-3-12-5-6-14(19-15(12)13)16(22)20-9-2-7-17(23,11-21)8-10-20/h1,3-6,21,23H,2,7-11H2. The molecule has 23 heavy (non-hydrogen) atoms. The van der Waals surface area contributed by atoms with Crippen LogP contribution in [-0.2, 0) is 0 Å². The van der Waals surface area contributed by atoms with Gasteiger partial charge in [0.1, 0.15) is 17.0 Å². The first kappa shape index (κ1) is 15.8. The number of hydrogen-bond acceptors (Lipinski definition) is 4. The summed E-state index contributed by atoms with van der Waals surface area (Å²) in [6.07, 6.45) is 1.37. The van der Waals surface area contributed by atoms with Gasteiger partial charge < -0.3 is 15.1 Å². The van der Waals surface area contributed by atoms with Gasteiger partial charge in [-0.25, -0.2) is 9.37 Å². The molecule has 0 bridgehead atoms. The van der Waals surface area contributed by atoms with E-state index in [1.54, 1.807) is 29.2 Å². The third kappa shape index (κ3) is 3.18. The van der Waals surface area contributed by atoms with Crippen molar-refractivity contribution in [1.29, 1.82) is 0 Å². The minimum absolute atomic E-state index is 0.181. The van der Waals surface area contributed by atoms with Crippen LogP contribution in [0.1, 0.15) is 29.8 Å². The average molecular weight is 318 g/mol. The zero-order valence-corrected chi connectivity index (χ0v) is 12.7. The van der Waals surface area contributed by atoms with Gasteiger partial charge in [0, 0.05) is 18.5 Å². The van der Waals surface area contributed by atoms with E-state index in [-0.39, 0.29) is 23.7 Å². The topological polar surface area (TPSA) is 73.7 Å². The number of carbonyl (C=O) groups is 1. The second-order valence-corrected chi connectivity index (χ2v) is 6.04. The zero-order chi connectivity index (χ0) is 16.4. The minimum atomic E-state index is -1.13. The number of likely N-dealkylation sites (tertiary alicyclic amines) is 1. The summed E-state index contributed by atoms with van der Waals surface area (Å²) in [6.45, 7) is 0.513. The number of aromatic nitrogens is 1. The van der Waals surface area contributed by atoms with Crippen LogP contribution in [0.5, 0.6) is 0 Å². The molecule has 2 aromatic rings. The van der Waals surface area contributed by atoms with E-state index < -0.39 is 11.4 Å². The molecule has 0 radical (unpaired) electrons. The van der Waals surface area contributed by atoms with Crippen LogP contribution in [0.3, 0.4) is 0 Å². The summed E-state index contributed by atoms with van der Waals surface area (Å²) < 4.78 is 13.8. The molecule has 122 valence electrons. The maximum Gasteiger partial charge on any atom is 0.272 e. The van der Waals surface area contributed by atoms with E-state index in [4.69, 9.17) is 0 Å². The van der Waals surface area contributed by atoms with Crippen molar-refractivity contribution >= 4 is 16.8 Å². The van der Waals surface area contributed by atoms with Gasteiger partial charge in [0.15, 0.2) is 0 Å². The summed E-state index contributed by atoms with van der Waals surface area (Å²) in [4.78, 5) is 18.4. The number of para-hydroxylation sites is 1. The van der Waals surface area contributed by atoms with E-state index in [0.29, 0.717) is 37.7 Å². The lowest BCUT2D eigenvalue weighted by atomic mass is 9.96. The van der Waals surface area contributed by atoms with Crippen LogP contribution in [0.15, 0.2) is 30.3 Å². The molecule has 2 N–H and O–H groups in total. The van der Waals surface area contributed by atoms with Crippen LogP contribution in [0.25, 0.3) is 10.9 Å². The van der Waals surface area contributed by atoms with Gasteiger partial charge >= 0.3 is 0 Å². The fourth-order valence-electron chi connectivity index (χ4n) is 2.93. The van der Waals surface area contributed by atoms with Crippen molar-refractivity contribution in [2.45, 2.75) is 24.9 Å². The van der Waals surface area contributed by atoms with Crippen molar-refractivity contribution in [3.05, 3.63) is 41.8 Å². The highest BCUT2D eigenvalue weighted by Crippen LogP contribution is 2.23. The van der Waals surface area contributed by atoms with Gasteiger partial charge in [0.2, 0.25) is 0 Å². The van der Waals surface area contributed by atoms with Crippen LogP contribution < -0.4 is 0 Å². The molecule has 1 aliphatic heterocycles. The Morgan fingerprint density at radius 3 is 2.87 bits per heavy atom. The lowest BCUT2D eigenvalue weighted by Gasteiger charge is -2.24. The SMILES string of the molecule is O=C(c1ccc2cccc(F)c2n1)N1CCCC(O)(CO)CC1. The second kappa shape index (κ2) is 6.22. The molecule has 1 saturated heterocycles. The molecule has 5 nitrogen and oxygen atoms in total. The van der Waals surface area contributed by atoms with E-state index >= 15 is 0 Å². The van der Waals surface area contributed by atoms with E-state index in [0.717, 1.165) is 0 Å². The summed E-state index contributed by atoms with van der Waals surface area (Å²) in [6, 6.07) is 7.93. The van der Waals surface area contributed by atoms with Crippen molar-refractivity contribution in [3.63, 3.8) is 0 Å². The highest BCUT2D eigenvalue weighted by Gasteiger charge is 2.31. The van der Waals surface area contributed by atoms with Crippen molar-refractivity contribution in [1.82, 2.24) is 9.88 Å². The molecule has 1 aromatic carbocycles. The van der Waals surface area contributed by atoms with Crippen LogP contribution in [-0.4, -0.2) is 51.3 Å². The molecular formula is C17H19FN2O3. The Labute approximate surface area is 133 Å². The Balaban J connectivity index is 1.84. The maximum atomic E-state index is 13.8. The first-order chi connectivity index (χ1) is 11.0. The number of halogens is 1. The lowest BCUT2D eigenvalue weighted by molar-refractivity contribution is -0.0250. The van der Waals surface area contributed by atoms with Crippen LogP contribution >= 0.6 is 0 Å². The van der Waals surface area contributed by atoms with Gasteiger partial charge in [-0.1, -0.05) is 18.2 Å². The molecule has 0 saturated carbocycles. The Kier molecular flexibility index (Phi) is 4.28. The molecule has 0 aliphatic carbocycles. The molecule has 1 aromatic heterocycles. The molecule has 1 aliphatic rings. The Hall–Kier alpha value is -2.05. The predicted octanol–water partition coefficient (Wildman–Crippen LogP) is 1.72. The highest BCUT2D eigenvalue weighted by atomic mass is 19.1. The smallest absolute Gasteiger partial charge is 0.272 e. The van der Waals surface area contributed by atoms with Gasteiger partial charge in [0.05, 0.1) is 12.2 Å². The second-order valence-electron chi connectivity index (χ2n) is 6.04. The Morgan fingerprint density at radius 1 is 1.26 bits per heavy atom. The average Bonchev–Trinajstić information content (AvgIpc) is 2.77. The van der Waals surface area contributed by atoms with Gasteiger partial charge in [-0.15, -0.1) is 0 Å². The summed E-state index contributed by atoms with van der Waals surface area (Å²) in [5.74, 6) is -0.736. The van der Waals surface area contributed by atoms with Gasteiger partial charge in [-0.05, 0) is 31.4 Å². The maximum absolute atomic E-state index is 13.8. The number of fused-ring (bicyclic) bond motifs is 1. The van der Waals surface area contributed by atoms with Crippen molar-refractivity contribution in [2.24, 2.45) is 0 Å². The number of pyridine rings is 1. The Bertz CT molecular complexity index is 737. The molecule has 0 spiro atoms. The largest absolute Gasteiger partial charge is 0.393 e. The highest BCUT2D eigenvalue weighted by molar-refractivity contribution is 5.95. The van der Waals surface area contributed by atoms with E-state index in [1.165, 1.54) is 6.07 Å². The molecule has 3 rings (SSSR count). The molecule has 1 amide bonds. The van der Waals surface area contributed by atoms with Crippen molar-refractivity contribution in [3.8, 4) is 0 Å². The van der Waals surface area contributed by atoms with Crippen molar-refractivity contribution < 1.29 is 19.4 Å². The number of aliphatic hydroxyl groups excluding tert-OH is 1. The quantitative estimate of drug-likeness (QED) is 0.884. The minimum Gasteiger partial charge on any atom is -0.393 e. The third-order valence-corrected chi connectivity index (χ3v) is 4.39. The number of rotatable bonds is 2. The van der Waals surface area contributed by atoms with E-state index in [1.807, 2.05) is 0 Å². The number of benzene rings is 1. The van der Waals surface area contributed by atoms with E-state index in [9.17, 15) is 19.4 Å². The predicted molar refractivity (Wildman–Crippen MR) is 83.5 cm³/mol. The fraction of sp³-hybridized carbons (Fsp3) is 0.412. The summed E-state index contributed by atoms with van der Waals surface area (Å²) in [5.41, 5.74) is -0.755. The number of aliphatic hydroxyl groups is 2. The molecule has 1 atom stereocenters. The monoisotopic (exact) mass is 318 g/mol. The number of carbonyl (C=O) groups excluding carboxylic acids is 1. The molecule has 1 fully saturated rings. The van der Waals surface area contributed by atoms with Crippen LogP contribution in [0.4, 0.5) is 4.39 Å². The summed E-state index contributed by atoms with van der Waals surface area (Å²) in [7, 11) is 0. The number of nitrogens with zero attached hydrogens (tertiary/aromatic N) is 2. The van der Waals surface area contributed by atoms with Gasteiger partial charge in [0.25, 0.3) is 5.91 Å². The lowest BCUT2D eigenvalue weighted by Crippen LogP contribution is -2.36. The summed E-state index contributed by atoms with van der Waals surface area (Å²) in [5, 5.41) is 20.1. The van der Waals surface area contributed by atoms with Crippen LogP contribution in [0, 0.1) is 5.82 Å². The number of amides is 1. The third-order valence-electron chi connectivity index (χ3n) is 4.39. The van der Waals surface area contributed by atoms with Crippen LogP contribution in [0.2, 0.25) is 0 Å². The van der Waals surface area contributed by atoms with Gasteiger partial charge in [-0.2, -0.15) is 0 Å². The molecular weight excluding hydrogens is 299 g/mol. The molecule has 1 unspecified atom stereocenters. The molecule has 6 heteroatoms. The fourth-order valence-corrected chi connectivity index (χ4v) is 2.93. The first-order valence-electron chi connectivity index (χ1n) is 7.70. The first-order valence-corrected chi connectivity index (χ1v) is 7.70. The molecule has 2 heterocycles. The number of hydrogen-bond donors (Lipinski definition) is 2. The normalized spacial score (nSPS) is 22.1. The Morgan fingerprint density at radius 2 is 2.09 bits per heavy atom. The summed E-state index contributed by atoms with van der Waals surface area (Å²) >= 11 is 0. The zero-order valence-electron chi connectivity index (χ0n) is 12.7. The van der Waals surface area contributed by atoms with Crippen molar-refractivity contribution in [2.75, 3.05) is 19.7 Å². The van der Waals surface area contributed by atoms with E-state index in [2.05, 4.69) is 4.98 Å². The van der Waals surface area contributed by atoms with Gasteiger partial charge in [-0.3, -0.25) is 4.79 Å².